The van der Waals surface area contributed by atoms with Crippen LogP contribution in [0.4, 0.5) is 0 Å². The number of fused-ring (bicyclic) bond motifs is 2. The maximum Gasteiger partial charge on any atom is 0.225 e. The number of amides is 2. The van der Waals surface area contributed by atoms with E-state index in [0.29, 0.717) is 18.4 Å². The molecule has 2 aliphatic carbocycles. The molecular formula is C20H27N3O2. The molecule has 1 aromatic rings. The van der Waals surface area contributed by atoms with Crippen molar-refractivity contribution in [3.63, 3.8) is 0 Å². The molecule has 0 aromatic carbocycles. The summed E-state index contributed by atoms with van der Waals surface area (Å²) in [5.41, 5.74) is 1.01. The molecule has 0 spiro atoms. The minimum absolute atomic E-state index is 0.0285. The predicted octanol–water partition coefficient (Wildman–Crippen LogP) is 2.37. The second-order valence-corrected chi connectivity index (χ2v) is 7.96. The molecule has 3 aliphatic rings. The Bertz CT molecular complexity index is 625. The summed E-state index contributed by atoms with van der Waals surface area (Å²) in [6.45, 7) is 1.99. The molecule has 1 aromatic heterocycles. The molecule has 2 heterocycles. The quantitative estimate of drug-likeness (QED) is 0.914. The molecule has 2 amide bonds. The number of carbonyl (C=O) groups excluding carboxylic acids is 2. The van der Waals surface area contributed by atoms with Crippen LogP contribution < -0.4 is 5.32 Å². The molecule has 3 unspecified atom stereocenters. The lowest BCUT2D eigenvalue weighted by Gasteiger charge is -2.34. The standard InChI is InChI=1S/C20H27N3O2/c24-19(22-13-15-2-1-7-21-12-15)16-5-8-23(9-6-16)20(25)18-11-14-3-4-17(18)10-14/h1-2,7,12,14,16-18H,3-6,8-11,13H2,(H,22,24). The van der Waals surface area contributed by atoms with Gasteiger partial charge in [-0.25, -0.2) is 0 Å². The van der Waals surface area contributed by atoms with Gasteiger partial charge in [-0.1, -0.05) is 12.5 Å². The van der Waals surface area contributed by atoms with Crippen LogP contribution in [0.25, 0.3) is 0 Å². The van der Waals surface area contributed by atoms with Crippen molar-refractivity contribution in [3.8, 4) is 0 Å². The lowest BCUT2D eigenvalue weighted by atomic mass is 9.86. The van der Waals surface area contributed by atoms with E-state index >= 15 is 0 Å². The van der Waals surface area contributed by atoms with E-state index < -0.39 is 0 Å². The molecule has 1 N–H and O–H groups in total. The summed E-state index contributed by atoms with van der Waals surface area (Å²) in [5, 5.41) is 3.01. The van der Waals surface area contributed by atoms with Crippen LogP contribution in [-0.4, -0.2) is 34.8 Å². The number of pyridine rings is 1. The van der Waals surface area contributed by atoms with Gasteiger partial charge in [0.2, 0.25) is 11.8 Å². The van der Waals surface area contributed by atoms with E-state index in [-0.39, 0.29) is 17.7 Å². The van der Waals surface area contributed by atoms with E-state index in [0.717, 1.165) is 43.8 Å². The van der Waals surface area contributed by atoms with Crippen LogP contribution in [0.5, 0.6) is 0 Å². The number of aromatic nitrogens is 1. The molecule has 134 valence electrons. The Morgan fingerprint density at radius 1 is 1.16 bits per heavy atom. The largest absolute Gasteiger partial charge is 0.352 e. The SMILES string of the molecule is O=C(NCc1cccnc1)C1CCN(C(=O)C2CC3CCC2C3)CC1. The number of rotatable bonds is 4. The number of carbonyl (C=O) groups is 2. The first-order valence-corrected chi connectivity index (χ1v) is 9.66. The van der Waals surface area contributed by atoms with Crippen molar-refractivity contribution in [1.82, 2.24) is 15.2 Å². The van der Waals surface area contributed by atoms with Crippen molar-refractivity contribution in [2.24, 2.45) is 23.7 Å². The van der Waals surface area contributed by atoms with Crippen molar-refractivity contribution in [2.75, 3.05) is 13.1 Å². The predicted molar refractivity (Wildman–Crippen MR) is 94.3 cm³/mol. The fourth-order valence-corrected chi connectivity index (χ4v) is 4.98. The van der Waals surface area contributed by atoms with E-state index in [1.54, 1.807) is 12.4 Å². The summed E-state index contributed by atoms with van der Waals surface area (Å²) in [4.78, 5) is 31.3. The first-order valence-electron chi connectivity index (χ1n) is 9.66. The van der Waals surface area contributed by atoms with Crippen LogP contribution >= 0.6 is 0 Å². The van der Waals surface area contributed by atoms with Crippen LogP contribution in [0, 0.1) is 23.7 Å². The third-order valence-corrected chi connectivity index (χ3v) is 6.42. The number of hydrogen-bond donors (Lipinski definition) is 1. The third-order valence-electron chi connectivity index (χ3n) is 6.42. The summed E-state index contributed by atoms with van der Waals surface area (Å²) in [5.74, 6) is 2.21. The molecule has 25 heavy (non-hydrogen) atoms. The zero-order chi connectivity index (χ0) is 17.2. The highest BCUT2D eigenvalue weighted by Crippen LogP contribution is 2.49. The first-order chi connectivity index (χ1) is 12.2. The summed E-state index contributed by atoms with van der Waals surface area (Å²) in [6.07, 6.45) is 10.0. The summed E-state index contributed by atoms with van der Waals surface area (Å²) in [7, 11) is 0. The highest BCUT2D eigenvalue weighted by Gasteiger charge is 2.44. The van der Waals surface area contributed by atoms with Gasteiger partial charge >= 0.3 is 0 Å². The molecule has 3 fully saturated rings. The van der Waals surface area contributed by atoms with Gasteiger partial charge in [0, 0.05) is 43.9 Å². The monoisotopic (exact) mass is 341 g/mol. The fraction of sp³-hybridized carbons (Fsp3) is 0.650. The fourth-order valence-electron chi connectivity index (χ4n) is 4.98. The Hall–Kier alpha value is -1.91. The van der Waals surface area contributed by atoms with Gasteiger partial charge in [0.25, 0.3) is 0 Å². The Morgan fingerprint density at radius 2 is 2.00 bits per heavy atom. The summed E-state index contributed by atoms with van der Waals surface area (Å²) in [6, 6.07) is 3.84. The first kappa shape index (κ1) is 16.6. The van der Waals surface area contributed by atoms with E-state index in [2.05, 4.69) is 10.3 Å². The molecule has 4 rings (SSSR count). The Balaban J connectivity index is 1.24. The van der Waals surface area contributed by atoms with Crippen molar-refractivity contribution in [1.29, 1.82) is 0 Å². The lowest BCUT2D eigenvalue weighted by Crippen LogP contribution is -2.45. The Labute approximate surface area is 149 Å². The van der Waals surface area contributed by atoms with Crippen LogP contribution in [0.15, 0.2) is 24.5 Å². The van der Waals surface area contributed by atoms with Crippen molar-refractivity contribution >= 4 is 11.8 Å². The molecule has 5 nitrogen and oxygen atoms in total. The van der Waals surface area contributed by atoms with Gasteiger partial charge in [0.15, 0.2) is 0 Å². The average molecular weight is 341 g/mol. The van der Waals surface area contributed by atoms with E-state index in [9.17, 15) is 9.59 Å². The van der Waals surface area contributed by atoms with Gasteiger partial charge in [-0.3, -0.25) is 14.6 Å². The molecule has 2 saturated carbocycles. The van der Waals surface area contributed by atoms with Crippen molar-refractivity contribution in [3.05, 3.63) is 30.1 Å². The van der Waals surface area contributed by atoms with Gasteiger partial charge in [-0.15, -0.1) is 0 Å². The van der Waals surface area contributed by atoms with Gasteiger partial charge in [0.05, 0.1) is 0 Å². The molecule has 0 radical (unpaired) electrons. The second-order valence-electron chi connectivity index (χ2n) is 7.96. The summed E-state index contributed by atoms with van der Waals surface area (Å²) < 4.78 is 0. The number of hydrogen-bond acceptors (Lipinski definition) is 3. The highest BCUT2D eigenvalue weighted by molar-refractivity contribution is 5.81. The smallest absolute Gasteiger partial charge is 0.225 e. The van der Waals surface area contributed by atoms with Gasteiger partial charge < -0.3 is 10.2 Å². The zero-order valence-electron chi connectivity index (χ0n) is 14.7. The zero-order valence-corrected chi connectivity index (χ0v) is 14.7. The molecule has 1 saturated heterocycles. The van der Waals surface area contributed by atoms with Gasteiger partial charge in [-0.05, 0) is 55.6 Å². The molecule has 3 atom stereocenters. The van der Waals surface area contributed by atoms with Gasteiger partial charge in [0.1, 0.15) is 0 Å². The average Bonchev–Trinajstić information content (AvgIpc) is 3.30. The van der Waals surface area contributed by atoms with E-state index in [4.69, 9.17) is 0 Å². The number of nitrogens with zero attached hydrogens (tertiary/aromatic N) is 2. The van der Waals surface area contributed by atoms with Crippen LogP contribution in [0.2, 0.25) is 0 Å². The van der Waals surface area contributed by atoms with Crippen LogP contribution in [0.1, 0.15) is 44.1 Å². The summed E-state index contributed by atoms with van der Waals surface area (Å²) >= 11 is 0. The minimum atomic E-state index is 0.0285. The number of piperidine rings is 1. The van der Waals surface area contributed by atoms with Gasteiger partial charge in [-0.2, -0.15) is 0 Å². The minimum Gasteiger partial charge on any atom is -0.352 e. The Morgan fingerprint density at radius 3 is 2.64 bits per heavy atom. The van der Waals surface area contributed by atoms with E-state index in [1.165, 1.54) is 19.3 Å². The maximum absolute atomic E-state index is 12.8. The molecule has 1 aliphatic heterocycles. The van der Waals surface area contributed by atoms with Crippen LogP contribution in [0.3, 0.4) is 0 Å². The topological polar surface area (TPSA) is 62.3 Å². The van der Waals surface area contributed by atoms with Crippen molar-refractivity contribution < 1.29 is 9.59 Å². The molecular weight excluding hydrogens is 314 g/mol. The second kappa shape index (κ2) is 7.14. The highest BCUT2D eigenvalue weighted by atomic mass is 16.2. The van der Waals surface area contributed by atoms with Crippen molar-refractivity contribution in [2.45, 2.75) is 45.1 Å². The Kier molecular flexibility index (Phi) is 4.73. The number of nitrogens with one attached hydrogen (secondary N) is 1. The normalized spacial score (nSPS) is 29.0. The number of likely N-dealkylation sites (tertiary alicyclic amines) is 1. The molecule has 2 bridgehead atoms. The lowest BCUT2D eigenvalue weighted by molar-refractivity contribution is -0.140. The maximum atomic E-state index is 12.8. The van der Waals surface area contributed by atoms with E-state index in [1.807, 2.05) is 17.0 Å². The van der Waals surface area contributed by atoms with Crippen LogP contribution in [-0.2, 0) is 16.1 Å². The third kappa shape index (κ3) is 3.55. The molecule has 5 heteroatoms.